The van der Waals surface area contributed by atoms with E-state index in [9.17, 15) is 5.11 Å². The Bertz CT molecular complexity index is 1110. The molecule has 5 nitrogen and oxygen atoms in total. The quantitative estimate of drug-likeness (QED) is 0.584. The fourth-order valence-corrected chi connectivity index (χ4v) is 3.70. The number of H-pyrrole nitrogens is 1. The fourth-order valence-electron chi connectivity index (χ4n) is 3.70. The summed E-state index contributed by atoms with van der Waals surface area (Å²) in [5.41, 5.74) is 5.52. The van der Waals surface area contributed by atoms with E-state index in [4.69, 9.17) is 4.98 Å². The molecule has 3 aromatic rings. The third-order valence-electron chi connectivity index (χ3n) is 5.47. The highest BCUT2D eigenvalue weighted by molar-refractivity contribution is 6.02. The molecule has 0 unspecified atom stereocenters. The van der Waals surface area contributed by atoms with Crippen molar-refractivity contribution < 1.29 is 5.11 Å². The Kier molecular flexibility index (Phi) is 4.45. The van der Waals surface area contributed by atoms with Gasteiger partial charge >= 0.3 is 0 Å². The van der Waals surface area contributed by atoms with E-state index in [1.54, 1.807) is 0 Å². The van der Waals surface area contributed by atoms with Crippen molar-refractivity contribution in [3.8, 4) is 17.1 Å². The largest absolute Gasteiger partial charge is 0.507 e. The molecule has 0 fully saturated rings. The minimum Gasteiger partial charge on any atom is -0.507 e. The smallest absolute Gasteiger partial charge is 0.142 e. The lowest BCUT2D eigenvalue weighted by Gasteiger charge is -2.27. The molecule has 29 heavy (non-hydrogen) atoms. The van der Waals surface area contributed by atoms with Crippen LogP contribution in [0.2, 0.25) is 0 Å². The Labute approximate surface area is 172 Å². The van der Waals surface area contributed by atoms with Crippen molar-refractivity contribution in [1.82, 2.24) is 15.3 Å². The molecular weight excluding hydrogens is 360 g/mol. The number of nitrogens with one attached hydrogen (secondary N) is 2. The molecule has 0 saturated heterocycles. The molecule has 1 aliphatic heterocycles. The summed E-state index contributed by atoms with van der Waals surface area (Å²) in [7, 11) is 0. The lowest BCUT2D eigenvalue weighted by atomic mass is 9.79. The third-order valence-corrected chi connectivity index (χ3v) is 5.47. The van der Waals surface area contributed by atoms with Crippen LogP contribution >= 0.6 is 0 Å². The average Bonchev–Trinajstić information content (AvgIpc) is 3.28. The summed E-state index contributed by atoms with van der Waals surface area (Å²) in [6, 6.07) is 10.3. The number of aromatic nitrogens is 2. The van der Waals surface area contributed by atoms with Gasteiger partial charge in [0, 0.05) is 17.7 Å². The third kappa shape index (κ3) is 3.61. The number of aromatic amines is 1. The lowest BCUT2D eigenvalue weighted by Crippen LogP contribution is -2.19. The number of aromatic hydroxyl groups is 1. The summed E-state index contributed by atoms with van der Waals surface area (Å²) in [6.45, 7) is 14.6. The summed E-state index contributed by atoms with van der Waals surface area (Å²) in [4.78, 5) is 12.7. The van der Waals surface area contributed by atoms with Crippen molar-refractivity contribution in [1.29, 1.82) is 0 Å². The minimum atomic E-state index is -0.175. The second kappa shape index (κ2) is 6.61. The van der Waals surface area contributed by atoms with E-state index < -0.39 is 0 Å². The van der Waals surface area contributed by atoms with Crippen LogP contribution in [0.1, 0.15) is 58.2 Å². The average molecular weight is 391 g/mol. The number of hydrogen-bond acceptors (Lipinski definition) is 4. The Morgan fingerprint density at radius 3 is 2.34 bits per heavy atom. The maximum Gasteiger partial charge on any atom is 0.142 e. The predicted octanol–water partition coefficient (Wildman–Crippen LogP) is 4.88. The summed E-state index contributed by atoms with van der Waals surface area (Å²) < 4.78 is 0. The Morgan fingerprint density at radius 1 is 0.966 bits per heavy atom. The normalized spacial score (nSPS) is 14.9. The van der Waals surface area contributed by atoms with Crippen LogP contribution in [0.25, 0.3) is 22.4 Å². The van der Waals surface area contributed by atoms with Gasteiger partial charge in [-0.05, 0) is 40.7 Å². The highest BCUT2D eigenvalue weighted by Crippen LogP contribution is 2.41. The van der Waals surface area contributed by atoms with Crippen LogP contribution in [-0.2, 0) is 10.8 Å². The van der Waals surface area contributed by atoms with E-state index in [0.29, 0.717) is 11.6 Å². The van der Waals surface area contributed by atoms with E-state index in [1.165, 1.54) is 5.56 Å². The number of benzene rings is 2. The van der Waals surface area contributed by atoms with Gasteiger partial charge in [0.05, 0.1) is 23.1 Å². The van der Waals surface area contributed by atoms with Crippen LogP contribution in [0.3, 0.4) is 0 Å². The number of aliphatic imine (C=N–C) groups is 1. The minimum absolute atomic E-state index is 0.0338. The summed E-state index contributed by atoms with van der Waals surface area (Å²) in [5, 5.41) is 14.4. The molecule has 0 atom stereocenters. The molecule has 2 aromatic carbocycles. The number of nitrogens with zero attached hydrogens (tertiary/aromatic N) is 2. The van der Waals surface area contributed by atoms with Crippen LogP contribution in [0.4, 0.5) is 0 Å². The summed E-state index contributed by atoms with van der Waals surface area (Å²) in [5.74, 6) is 1.91. The number of phenols is 1. The first kappa shape index (κ1) is 19.5. The molecule has 4 rings (SSSR count). The van der Waals surface area contributed by atoms with E-state index in [0.717, 1.165) is 46.6 Å². The molecule has 0 radical (unpaired) electrons. The van der Waals surface area contributed by atoms with E-state index in [-0.39, 0.29) is 10.8 Å². The highest BCUT2D eigenvalue weighted by atomic mass is 16.3. The van der Waals surface area contributed by atoms with Crippen molar-refractivity contribution in [3.63, 3.8) is 0 Å². The van der Waals surface area contributed by atoms with Crippen LogP contribution in [0.15, 0.2) is 35.3 Å². The molecule has 0 aliphatic carbocycles. The van der Waals surface area contributed by atoms with Crippen molar-refractivity contribution in [2.24, 2.45) is 4.99 Å². The molecular formula is C24H30N4O. The number of phenolic OH excluding ortho intramolecular Hbond substituents is 1. The number of amidine groups is 1. The van der Waals surface area contributed by atoms with Crippen LogP contribution in [-0.4, -0.2) is 34.0 Å². The van der Waals surface area contributed by atoms with Gasteiger partial charge in [-0.1, -0.05) is 47.6 Å². The standard InChI is InChI=1S/C24H30N4O/c1-23(2,3)15-12-16(20(29)17(13-15)24(4,5)6)22-27-18-8-7-14(11-19(18)28-22)21-25-9-10-26-21/h7-8,11-13,29H,9-10H2,1-6H3,(H,25,26)(H,27,28). The van der Waals surface area contributed by atoms with Gasteiger partial charge in [-0.2, -0.15) is 0 Å². The van der Waals surface area contributed by atoms with E-state index >= 15 is 0 Å². The number of rotatable bonds is 2. The molecule has 0 bridgehead atoms. The molecule has 152 valence electrons. The fraction of sp³-hybridized carbons (Fsp3) is 0.417. The molecule has 5 heteroatoms. The first-order chi connectivity index (χ1) is 13.5. The monoisotopic (exact) mass is 390 g/mol. The molecule has 0 spiro atoms. The summed E-state index contributed by atoms with van der Waals surface area (Å²) in [6.07, 6.45) is 0. The molecule has 3 N–H and O–H groups in total. The molecule has 1 aromatic heterocycles. The zero-order valence-electron chi connectivity index (χ0n) is 18.1. The van der Waals surface area contributed by atoms with E-state index in [2.05, 4.69) is 75.0 Å². The zero-order chi connectivity index (χ0) is 21.0. The van der Waals surface area contributed by atoms with Gasteiger partial charge in [0.15, 0.2) is 0 Å². The second-order valence-corrected chi connectivity index (χ2v) is 9.89. The van der Waals surface area contributed by atoms with Gasteiger partial charge in [0.2, 0.25) is 0 Å². The van der Waals surface area contributed by atoms with Crippen molar-refractivity contribution in [2.75, 3.05) is 13.1 Å². The van der Waals surface area contributed by atoms with Crippen LogP contribution in [0.5, 0.6) is 5.75 Å². The van der Waals surface area contributed by atoms with Gasteiger partial charge in [-0.3, -0.25) is 4.99 Å². The Hall–Kier alpha value is -2.82. The van der Waals surface area contributed by atoms with E-state index in [1.807, 2.05) is 12.1 Å². The van der Waals surface area contributed by atoms with Crippen molar-refractivity contribution in [3.05, 3.63) is 47.0 Å². The number of fused-ring (bicyclic) bond motifs is 1. The number of imidazole rings is 1. The second-order valence-electron chi connectivity index (χ2n) is 9.89. The maximum absolute atomic E-state index is 11.1. The van der Waals surface area contributed by atoms with Crippen LogP contribution < -0.4 is 5.32 Å². The Balaban J connectivity index is 1.88. The molecule has 0 saturated carbocycles. The molecule has 1 aliphatic rings. The van der Waals surface area contributed by atoms with Gasteiger partial charge in [0.25, 0.3) is 0 Å². The van der Waals surface area contributed by atoms with Gasteiger partial charge in [-0.25, -0.2) is 4.98 Å². The summed E-state index contributed by atoms with van der Waals surface area (Å²) >= 11 is 0. The lowest BCUT2D eigenvalue weighted by molar-refractivity contribution is 0.446. The van der Waals surface area contributed by atoms with Crippen LogP contribution in [0, 0.1) is 0 Å². The predicted molar refractivity (Wildman–Crippen MR) is 120 cm³/mol. The number of hydrogen-bond donors (Lipinski definition) is 3. The highest BCUT2D eigenvalue weighted by Gasteiger charge is 2.26. The first-order valence-corrected chi connectivity index (χ1v) is 10.2. The maximum atomic E-state index is 11.1. The zero-order valence-corrected chi connectivity index (χ0v) is 18.1. The SMILES string of the molecule is CC(C)(C)c1cc(-c2nc3ccc(C4=NCCN4)cc3[nH]2)c(O)c(C(C)(C)C)c1. The van der Waals surface area contributed by atoms with Crippen molar-refractivity contribution in [2.45, 2.75) is 52.4 Å². The van der Waals surface area contributed by atoms with Gasteiger partial charge in [0.1, 0.15) is 17.4 Å². The van der Waals surface area contributed by atoms with Gasteiger partial charge < -0.3 is 15.4 Å². The topological polar surface area (TPSA) is 73.3 Å². The van der Waals surface area contributed by atoms with Gasteiger partial charge in [-0.15, -0.1) is 0 Å². The first-order valence-electron chi connectivity index (χ1n) is 10.2. The Morgan fingerprint density at radius 2 is 1.72 bits per heavy atom. The molecule has 2 heterocycles. The van der Waals surface area contributed by atoms with Crippen molar-refractivity contribution >= 4 is 16.9 Å². The molecule has 0 amide bonds.